The van der Waals surface area contributed by atoms with Gasteiger partial charge in [-0.1, -0.05) is 149 Å². The molecule has 0 spiro atoms. The van der Waals surface area contributed by atoms with Gasteiger partial charge in [-0.2, -0.15) is 0 Å². The quantitative estimate of drug-likeness (QED) is 0.158. The highest BCUT2D eigenvalue weighted by Gasteiger charge is 2.31. The molecule has 186 valence electrons. The van der Waals surface area contributed by atoms with Gasteiger partial charge in [0.05, 0.1) is 0 Å². The van der Waals surface area contributed by atoms with Crippen LogP contribution in [0.2, 0.25) is 0 Å². The van der Waals surface area contributed by atoms with Gasteiger partial charge in [0, 0.05) is 0 Å². The number of hydrogen-bond donors (Lipinski definition) is 0. The lowest BCUT2D eigenvalue weighted by Crippen LogP contribution is -2.25. The van der Waals surface area contributed by atoms with E-state index in [1.54, 1.807) is 0 Å². The molecule has 0 saturated heterocycles. The summed E-state index contributed by atoms with van der Waals surface area (Å²) in [4.78, 5) is 12.8. The first-order valence-corrected chi connectivity index (χ1v) is 12.9. The summed E-state index contributed by atoms with van der Waals surface area (Å²) < 4.78 is 0. The first-order chi connectivity index (χ1) is 17.4. The Morgan fingerprint density at radius 1 is 0.444 bits per heavy atom. The molecule has 4 aromatic carbocycles. The summed E-state index contributed by atoms with van der Waals surface area (Å²) in [7, 11) is 0. The summed E-state index contributed by atoms with van der Waals surface area (Å²) >= 11 is 0. The molecule has 0 bridgehead atoms. The van der Waals surface area contributed by atoms with Crippen molar-refractivity contribution in [3.05, 3.63) is 144 Å². The second-order valence-electron chi connectivity index (χ2n) is 10.9. The van der Waals surface area contributed by atoms with E-state index in [2.05, 4.69) is 137 Å². The number of rotatable bonds is 11. The lowest BCUT2D eigenvalue weighted by molar-refractivity contribution is -0.362. The van der Waals surface area contributed by atoms with Gasteiger partial charge < -0.3 is 0 Å². The minimum atomic E-state index is -0.201. The molecule has 0 fully saturated rings. The molecule has 0 aliphatic heterocycles. The molecule has 2 heteroatoms. The normalized spacial score (nSPS) is 13.8. The molecule has 0 saturated carbocycles. The minimum absolute atomic E-state index is 0.0866. The van der Waals surface area contributed by atoms with E-state index in [1.807, 2.05) is 12.1 Å². The van der Waals surface area contributed by atoms with Crippen LogP contribution in [0.25, 0.3) is 0 Å². The maximum absolute atomic E-state index is 6.38. The molecular weight excluding hydrogens is 440 g/mol. The third-order valence-corrected chi connectivity index (χ3v) is 7.13. The van der Waals surface area contributed by atoms with Crippen LogP contribution >= 0.6 is 0 Å². The van der Waals surface area contributed by atoms with Gasteiger partial charge in [0.1, 0.15) is 12.2 Å². The highest BCUT2D eigenvalue weighted by Crippen LogP contribution is 2.39. The molecule has 2 nitrogen and oxygen atoms in total. The van der Waals surface area contributed by atoms with Crippen molar-refractivity contribution >= 4 is 0 Å². The van der Waals surface area contributed by atoms with Gasteiger partial charge in [-0.05, 0) is 45.9 Å². The van der Waals surface area contributed by atoms with Crippen molar-refractivity contribution in [1.82, 2.24) is 0 Å². The zero-order valence-corrected chi connectivity index (χ0v) is 21.9. The van der Waals surface area contributed by atoms with E-state index in [9.17, 15) is 0 Å². The van der Waals surface area contributed by atoms with Crippen molar-refractivity contribution < 1.29 is 9.78 Å². The molecule has 36 heavy (non-hydrogen) atoms. The molecule has 0 N–H and O–H groups in total. The van der Waals surface area contributed by atoms with Crippen LogP contribution in [-0.2, 0) is 20.6 Å². The third-order valence-electron chi connectivity index (χ3n) is 7.13. The fourth-order valence-electron chi connectivity index (χ4n) is 4.83. The summed E-state index contributed by atoms with van der Waals surface area (Å²) in [5.41, 5.74) is 4.65. The second-order valence-corrected chi connectivity index (χ2v) is 10.9. The SMILES string of the molecule is CC(C)(CC(OOC(CC(C)(C)c1ccccc1)c1ccccc1)c1ccccc1)c1ccccc1. The van der Waals surface area contributed by atoms with E-state index in [-0.39, 0.29) is 23.0 Å². The van der Waals surface area contributed by atoms with Crippen LogP contribution in [0.1, 0.15) is 75.0 Å². The fourth-order valence-corrected chi connectivity index (χ4v) is 4.83. The summed E-state index contributed by atoms with van der Waals surface area (Å²) in [6.45, 7) is 9.09. The Kier molecular flexibility index (Phi) is 8.40. The molecule has 4 rings (SSSR count). The van der Waals surface area contributed by atoms with Crippen LogP contribution in [0.5, 0.6) is 0 Å². The average molecular weight is 479 g/mol. The Morgan fingerprint density at radius 3 is 1.03 bits per heavy atom. The summed E-state index contributed by atoms with van der Waals surface area (Å²) in [5, 5.41) is 0. The zero-order valence-electron chi connectivity index (χ0n) is 21.9. The average Bonchev–Trinajstić information content (AvgIpc) is 2.92. The molecule has 2 unspecified atom stereocenters. The highest BCUT2D eigenvalue weighted by atomic mass is 17.2. The van der Waals surface area contributed by atoms with E-state index in [4.69, 9.17) is 9.78 Å². The molecule has 4 aromatic rings. The van der Waals surface area contributed by atoms with Crippen molar-refractivity contribution in [3.63, 3.8) is 0 Å². The lowest BCUT2D eigenvalue weighted by atomic mass is 9.78. The fraction of sp³-hybridized carbons (Fsp3) is 0.294. The topological polar surface area (TPSA) is 18.5 Å². The van der Waals surface area contributed by atoms with Crippen molar-refractivity contribution in [2.24, 2.45) is 0 Å². The second kappa shape index (κ2) is 11.7. The molecule has 0 aromatic heterocycles. The molecule has 2 atom stereocenters. The van der Waals surface area contributed by atoms with E-state index in [0.717, 1.165) is 24.0 Å². The van der Waals surface area contributed by atoms with Gasteiger partial charge >= 0.3 is 0 Å². The zero-order chi connectivity index (χ0) is 25.4. The summed E-state index contributed by atoms with van der Waals surface area (Å²) in [5.74, 6) is 0. The predicted molar refractivity (Wildman–Crippen MR) is 149 cm³/mol. The molecule has 0 radical (unpaired) electrons. The Hall–Kier alpha value is -3.20. The largest absolute Gasteiger partial charge is 0.228 e. The third kappa shape index (κ3) is 6.72. The Labute approximate surface area is 216 Å². The summed E-state index contributed by atoms with van der Waals surface area (Å²) in [6.07, 6.45) is 1.19. The molecular formula is C34H38O2. The Bertz CT molecular complexity index is 1070. The van der Waals surface area contributed by atoms with E-state index in [0.29, 0.717) is 0 Å². The standard InChI is InChI=1S/C34H38O2/c1-33(2,29-21-13-7-14-22-29)25-31(27-17-9-5-10-18-27)35-36-32(28-19-11-6-12-20-28)26-34(3,4)30-23-15-8-16-24-30/h5-24,31-32H,25-26H2,1-4H3. The smallest absolute Gasteiger partial charge is 0.119 e. The van der Waals surface area contributed by atoms with E-state index >= 15 is 0 Å². The van der Waals surface area contributed by atoms with Crippen molar-refractivity contribution in [3.8, 4) is 0 Å². The van der Waals surface area contributed by atoms with Gasteiger partial charge in [0.25, 0.3) is 0 Å². The van der Waals surface area contributed by atoms with Crippen LogP contribution in [0.3, 0.4) is 0 Å². The maximum atomic E-state index is 6.38. The maximum Gasteiger partial charge on any atom is 0.119 e. The molecule has 0 amide bonds. The van der Waals surface area contributed by atoms with Gasteiger partial charge in [0.2, 0.25) is 0 Å². The lowest BCUT2D eigenvalue weighted by Gasteiger charge is -2.33. The van der Waals surface area contributed by atoms with Crippen LogP contribution < -0.4 is 0 Å². The van der Waals surface area contributed by atoms with Crippen LogP contribution in [0.15, 0.2) is 121 Å². The molecule has 0 heterocycles. The van der Waals surface area contributed by atoms with Gasteiger partial charge in [-0.25, -0.2) is 9.78 Å². The van der Waals surface area contributed by atoms with Gasteiger partial charge in [-0.3, -0.25) is 0 Å². The molecule has 0 aliphatic rings. The first kappa shape index (κ1) is 25.9. The van der Waals surface area contributed by atoms with Gasteiger partial charge in [0.15, 0.2) is 0 Å². The van der Waals surface area contributed by atoms with Crippen molar-refractivity contribution in [1.29, 1.82) is 0 Å². The van der Waals surface area contributed by atoms with Crippen molar-refractivity contribution in [2.75, 3.05) is 0 Å². The molecule has 0 aliphatic carbocycles. The van der Waals surface area contributed by atoms with E-state index < -0.39 is 0 Å². The summed E-state index contributed by atoms with van der Waals surface area (Å²) in [6, 6.07) is 42.1. The van der Waals surface area contributed by atoms with E-state index in [1.165, 1.54) is 11.1 Å². The predicted octanol–water partition coefficient (Wildman–Crippen LogP) is 9.15. The number of benzene rings is 4. The highest BCUT2D eigenvalue weighted by molar-refractivity contribution is 5.27. The van der Waals surface area contributed by atoms with Crippen LogP contribution in [0.4, 0.5) is 0 Å². The Balaban J connectivity index is 1.58. The van der Waals surface area contributed by atoms with Gasteiger partial charge in [-0.15, -0.1) is 0 Å². The minimum Gasteiger partial charge on any atom is -0.228 e. The van der Waals surface area contributed by atoms with Crippen LogP contribution in [0, 0.1) is 0 Å². The Morgan fingerprint density at radius 2 is 0.722 bits per heavy atom. The monoisotopic (exact) mass is 478 g/mol. The number of hydrogen-bond acceptors (Lipinski definition) is 2. The first-order valence-electron chi connectivity index (χ1n) is 12.9. The van der Waals surface area contributed by atoms with Crippen LogP contribution in [-0.4, -0.2) is 0 Å². The van der Waals surface area contributed by atoms with Crippen molar-refractivity contribution in [2.45, 2.75) is 63.6 Å².